The summed E-state index contributed by atoms with van der Waals surface area (Å²) >= 11 is 0. The summed E-state index contributed by atoms with van der Waals surface area (Å²) < 4.78 is 46.6. The maximum Gasteiger partial charge on any atom is 0.573 e. The number of carbonyl (C=O) groups is 1. The summed E-state index contributed by atoms with van der Waals surface area (Å²) in [4.78, 5) is 13.4. The molecule has 114 valence electrons. The average molecular weight is 311 g/mol. The Kier molecular flexibility index (Phi) is 3.09. The van der Waals surface area contributed by atoms with Crippen molar-refractivity contribution in [1.82, 2.24) is 4.98 Å². The molecule has 0 amide bonds. The number of para-hydroxylation sites is 1. The number of hydrogen-bond donors (Lipinski definition) is 2. The number of rotatable bonds is 3. The van der Waals surface area contributed by atoms with Crippen LogP contribution in [-0.2, 0) is 0 Å². The van der Waals surface area contributed by atoms with Crippen molar-refractivity contribution in [2.24, 2.45) is 0 Å². The number of hydrogen-bond acceptors (Lipinski definition) is 3. The molecule has 8 heteroatoms. The lowest BCUT2D eigenvalue weighted by molar-refractivity contribution is -0.274. The van der Waals surface area contributed by atoms with Crippen LogP contribution in [0.4, 0.5) is 13.2 Å². The number of fused-ring (bicyclic) bond motifs is 1. The fourth-order valence-electron chi connectivity index (χ4n) is 2.05. The van der Waals surface area contributed by atoms with Crippen molar-refractivity contribution in [3.63, 3.8) is 0 Å². The lowest BCUT2D eigenvalue weighted by atomic mass is 10.1. The van der Waals surface area contributed by atoms with Crippen LogP contribution in [0.2, 0.25) is 0 Å². The van der Waals surface area contributed by atoms with E-state index in [0.29, 0.717) is 5.52 Å². The number of nitrogens with one attached hydrogen (secondary N) is 1. The highest BCUT2D eigenvalue weighted by atomic mass is 19.4. The van der Waals surface area contributed by atoms with Gasteiger partial charge in [-0.2, -0.15) is 0 Å². The van der Waals surface area contributed by atoms with Crippen molar-refractivity contribution in [2.75, 3.05) is 0 Å². The third-order valence-corrected chi connectivity index (χ3v) is 2.91. The summed E-state index contributed by atoms with van der Waals surface area (Å²) in [5.41, 5.74) is 0.643. The Morgan fingerprint density at radius 1 is 1.23 bits per heavy atom. The van der Waals surface area contributed by atoms with Gasteiger partial charge in [0.1, 0.15) is 17.2 Å². The predicted octanol–water partition coefficient (Wildman–Crippen LogP) is 4.02. The Labute approximate surface area is 120 Å². The van der Waals surface area contributed by atoms with Crippen molar-refractivity contribution in [3.05, 3.63) is 42.1 Å². The van der Waals surface area contributed by atoms with Crippen LogP contribution in [0, 0.1) is 0 Å². The molecule has 0 aliphatic rings. The molecule has 0 fully saturated rings. The van der Waals surface area contributed by atoms with Gasteiger partial charge in [-0.3, -0.25) is 0 Å². The van der Waals surface area contributed by atoms with Crippen LogP contribution < -0.4 is 4.74 Å². The van der Waals surface area contributed by atoms with Gasteiger partial charge in [-0.25, -0.2) is 4.79 Å². The van der Waals surface area contributed by atoms with Gasteiger partial charge >= 0.3 is 12.3 Å². The first-order valence-corrected chi connectivity index (χ1v) is 6.04. The fourth-order valence-corrected chi connectivity index (χ4v) is 2.05. The molecule has 2 heterocycles. The van der Waals surface area contributed by atoms with E-state index in [2.05, 4.69) is 9.72 Å². The molecule has 0 unspecified atom stereocenters. The number of benzene rings is 1. The first-order valence-electron chi connectivity index (χ1n) is 6.04. The number of H-pyrrole nitrogens is 1. The van der Waals surface area contributed by atoms with Crippen LogP contribution in [0.15, 0.2) is 40.8 Å². The van der Waals surface area contributed by atoms with Crippen LogP contribution in [0.1, 0.15) is 10.5 Å². The van der Waals surface area contributed by atoms with Gasteiger partial charge in [-0.15, -0.1) is 13.2 Å². The minimum absolute atomic E-state index is 0.0693. The van der Waals surface area contributed by atoms with Crippen molar-refractivity contribution in [3.8, 4) is 17.1 Å². The van der Waals surface area contributed by atoms with E-state index in [0.717, 1.165) is 0 Å². The zero-order valence-electron chi connectivity index (χ0n) is 10.8. The van der Waals surface area contributed by atoms with E-state index in [9.17, 15) is 18.0 Å². The van der Waals surface area contributed by atoms with Gasteiger partial charge in [0.25, 0.3) is 0 Å². The van der Waals surface area contributed by atoms with E-state index in [-0.39, 0.29) is 22.6 Å². The summed E-state index contributed by atoms with van der Waals surface area (Å²) in [6.45, 7) is 0. The molecule has 1 aromatic carbocycles. The molecule has 2 N–H and O–H groups in total. The lowest BCUT2D eigenvalue weighted by Crippen LogP contribution is -2.17. The minimum Gasteiger partial charge on any atom is -0.477 e. The van der Waals surface area contributed by atoms with E-state index < -0.39 is 18.1 Å². The van der Waals surface area contributed by atoms with Gasteiger partial charge in [0.2, 0.25) is 0 Å². The number of alkyl halides is 3. The Hall–Kier alpha value is -2.90. The third-order valence-electron chi connectivity index (χ3n) is 2.91. The van der Waals surface area contributed by atoms with Gasteiger partial charge in [0.15, 0.2) is 5.58 Å². The van der Waals surface area contributed by atoms with Gasteiger partial charge < -0.3 is 19.2 Å². The molecule has 3 rings (SSSR count). The molecule has 0 saturated heterocycles. The second-order valence-corrected chi connectivity index (χ2v) is 4.42. The summed E-state index contributed by atoms with van der Waals surface area (Å²) in [7, 11) is 0. The second-order valence-electron chi connectivity index (χ2n) is 4.42. The highest BCUT2D eigenvalue weighted by Crippen LogP contribution is 2.36. The number of aromatic nitrogens is 1. The van der Waals surface area contributed by atoms with Gasteiger partial charge in [-0.05, 0) is 12.1 Å². The van der Waals surface area contributed by atoms with Crippen molar-refractivity contribution < 1.29 is 32.2 Å². The van der Waals surface area contributed by atoms with E-state index in [1.165, 1.54) is 36.4 Å². The Balaban J connectivity index is 2.04. The van der Waals surface area contributed by atoms with E-state index in [1.54, 1.807) is 0 Å². The minimum atomic E-state index is -4.82. The van der Waals surface area contributed by atoms with E-state index in [4.69, 9.17) is 9.52 Å². The molecule has 2 aromatic heterocycles. The zero-order valence-corrected chi connectivity index (χ0v) is 10.8. The molecule has 0 bridgehead atoms. The number of aromatic carboxylic acids is 1. The molecule has 0 saturated carbocycles. The Bertz CT molecular complexity index is 816. The number of aromatic amines is 1. The number of ether oxygens (including phenoxy) is 1. The fraction of sp³-hybridized carbons (Fsp3) is 0.0714. The molecule has 5 nitrogen and oxygen atoms in total. The number of carboxylic acid groups (broad SMARTS) is 1. The topological polar surface area (TPSA) is 75.5 Å². The SMILES string of the molecule is O=C(O)c1cc2oc(-c3ccccc3OC(F)(F)F)cc2[nH]1. The molecule has 22 heavy (non-hydrogen) atoms. The van der Waals surface area contributed by atoms with Crippen LogP contribution in [0.25, 0.3) is 22.4 Å². The van der Waals surface area contributed by atoms with Gasteiger partial charge in [-0.1, -0.05) is 12.1 Å². The summed E-state index contributed by atoms with van der Waals surface area (Å²) in [6, 6.07) is 8.20. The molecular weight excluding hydrogens is 303 g/mol. The molecule has 0 atom stereocenters. The number of carboxylic acids is 1. The highest BCUT2D eigenvalue weighted by molar-refractivity contribution is 5.93. The van der Waals surface area contributed by atoms with E-state index >= 15 is 0 Å². The Morgan fingerprint density at radius 3 is 2.59 bits per heavy atom. The van der Waals surface area contributed by atoms with E-state index in [1.807, 2.05) is 0 Å². The van der Waals surface area contributed by atoms with Crippen molar-refractivity contribution >= 4 is 17.1 Å². The van der Waals surface area contributed by atoms with Crippen molar-refractivity contribution in [1.29, 1.82) is 0 Å². The maximum atomic E-state index is 12.4. The normalized spacial score (nSPS) is 11.8. The van der Waals surface area contributed by atoms with Crippen LogP contribution >= 0.6 is 0 Å². The van der Waals surface area contributed by atoms with Crippen LogP contribution in [0.3, 0.4) is 0 Å². The second kappa shape index (κ2) is 4.83. The standard InChI is InChI=1S/C14H8F3NO4/c15-14(16,17)22-10-4-2-1-3-7(10)11-5-8-12(21-11)6-9(18-8)13(19)20/h1-6,18H,(H,19,20). The Morgan fingerprint density at radius 2 is 1.95 bits per heavy atom. The largest absolute Gasteiger partial charge is 0.573 e. The van der Waals surface area contributed by atoms with Crippen LogP contribution in [-0.4, -0.2) is 22.4 Å². The van der Waals surface area contributed by atoms with Gasteiger partial charge in [0.05, 0.1) is 11.1 Å². The molecular formula is C14H8F3NO4. The maximum absolute atomic E-state index is 12.4. The number of halogens is 3. The predicted molar refractivity (Wildman–Crippen MR) is 69.6 cm³/mol. The van der Waals surface area contributed by atoms with Crippen molar-refractivity contribution in [2.45, 2.75) is 6.36 Å². The molecule has 0 spiro atoms. The smallest absolute Gasteiger partial charge is 0.477 e. The summed E-state index contributed by atoms with van der Waals surface area (Å²) in [5, 5.41) is 8.84. The third kappa shape index (κ3) is 2.62. The van der Waals surface area contributed by atoms with Gasteiger partial charge in [0, 0.05) is 12.1 Å². The summed E-state index contributed by atoms with van der Waals surface area (Å²) in [5.74, 6) is -1.42. The molecule has 0 aliphatic heterocycles. The molecule has 0 aliphatic carbocycles. The first-order chi connectivity index (χ1) is 10.3. The average Bonchev–Trinajstić information content (AvgIpc) is 2.95. The number of furan rings is 1. The lowest BCUT2D eigenvalue weighted by Gasteiger charge is -2.11. The first kappa shape index (κ1) is 14.1. The van der Waals surface area contributed by atoms with Crippen LogP contribution in [0.5, 0.6) is 5.75 Å². The molecule has 0 radical (unpaired) electrons. The monoisotopic (exact) mass is 311 g/mol. The summed E-state index contributed by atoms with van der Waals surface area (Å²) in [6.07, 6.45) is -4.82. The highest BCUT2D eigenvalue weighted by Gasteiger charge is 2.32. The zero-order chi connectivity index (χ0) is 15.9. The molecule has 3 aromatic rings. The quantitative estimate of drug-likeness (QED) is 0.766.